The zero-order chi connectivity index (χ0) is 13.4. The molecule has 0 bridgehead atoms. The first-order valence-electron chi connectivity index (χ1n) is 4.22. The number of rotatable bonds is 0. The largest absolute Gasteiger partial charge is 0.417 e. The number of allylic oxidation sites excluding steroid dienone is 4. The second-order valence-electron chi connectivity index (χ2n) is 3.31. The number of hydrogen-bond donors (Lipinski definition) is 0. The van der Waals surface area contributed by atoms with Gasteiger partial charge in [0.25, 0.3) is 0 Å². The molecule has 0 aromatic carbocycles. The van der Waals surface area contributed by atoms with Gasteiger partial charge in [0.2, 0.25) is 0 Å². The zero-order valence-corrected chi connectivity index (χ0v) is 8.71. The van der Waals surface area contributed by atoms with Gasteiger partial charge >= 0.3 is 12.4 Å². The van der Waals surface area contributed by atoms with Crippen molar-refractivity contribution < 1.29 is 26.3 Å². The van der Waals surface area contributed by atoms with Gasteiger partial charge in [-0.2, -0.15) is 31.6 Å². The second-order valence-corrected chi connectivity index (χ2v) is 3.69. The predicted octanol–water partition coefficient (Wildman–Crippen LogP) is 4.07. The maximum atomic E-state index is 12.4. The lowest BCUT2D eigenvalue weighted by Gasteiger charge is -2.23. The summed E-state index contributed by atoms with van der Waals surface area (Å²) in [6.45, 7) is 0. The highest BCUT2D eigenvalue weighted by molar-refractivity contribution is 6.32. The molecule has 1 aliphatic rings. The van der Waals surface area contributed by atoms with E-state index in [1.807, 2.05) is 0 Å². The first-order chi connectivity index (χ1) is 7.57. The minimum Gasteiger partial charge on any atom is -0.198 e. The Kier molecular flexibility index (Phi) is 3.48. The topological polar surface area (TPSA) is 23.8 Å². The number of hydrogen-bond acceptors (Lipinski definition) is 1. The van der Waals surface area contributed by atoms with Gasteiger partial charge in [-0.3, -0.25) is 0 Å². The molecular formula is C9H4ClF6N. The van der Waals surface area contributed by atoms with Crippen LogP contribution in [0.25, 0.3) is 0 Å². The van der Waals surface area contributed by atoms with Crippen LogP contribution in [-0.4, -0.2) is 12.4 Å². The van der Waals surface area contributed by atoms with Crippen molar-refractivity contribution in [3.63, 3.8) is 0 Å². The van der Waals surface area contributed by atoms with Crippen molar-refractivity contribution in [1.82, 2.24) is 0 Å². The molecule has 8 heteroatoms. The lowest BCUT2D eigenvalue weighted by molar-refractivity contribution is -0.100. The molecule has 1 unspecified atom stereocenters. The Bertz CT molecular complexity index is 422. The van der Waals surface area contributed by atoms with Crippen LogP contribution in [0.2, 0.25) is 0 Å². The van der Waals surface area contributed by atoms with Crippen molar-refractivity contribution in [2.24, 2.45) is 5.92 Å². The van der Waals surface area contributed by atoms with Crippen molar-refractivity contribution in [2.75, 3.05) is 0 Å². The fourth-order valence-corrected chi connectivity index (χ4v) is 1.70. The molecule has 1 atom stereocenters. The molecule has 0 radical (unpaired) electrons. The summed E-state index contributed by atoms with van der Waals surface area (Å²) in [5.41, 5.74) is -3.12. The van der Waals surface area contributed by atoms with Gasteiger partial charge in [-0.1, -0.05) is 17.7 Å². The molecule has 0 saturated carbocycles. The van der Waals surface area contributed by atoms with E-state index in [1.165, 1.54) is 6.07 Å². The minimum atomic E-state index is -5.01. The first kappa shape index (κ1) is 13.9. The maximum absolute atomic E-state index is 12.4. The Balaban J connectivity index is 3.33. The average molecular weight is 276 g/mol. The molecule has 1 nitrogen and oxygen atoms in total. The Labute approximate surface area is 97.0 Å². The van der Waals surface area contributed by atoms with Crippen LogP contribution >= 0.6 is 11.6 Å². The third-order valence-electron chi connectivity index (χ3n) is 2.11. The van der Waals surface area contributed by atoms with E-state index in [4.69, 9.17) is 16.9 Å². The minimum absolute atomic E-state index is 0.414. The number of nitrogens with zero attached hydrogens (tertiary/aromatic N) is 1. The molecule has 0 aliphatic heterocycles. The smallest absolute Gasteiger partial charge is 0.198 e. The lowest BCUT2D eigenvalue weighted by atomic mass is 9.90. The van der Waals surface area contributed by atoms with Crippen LogP contribution in [0.5, 0.6) is 0 Å². The molecule has 0 fully saturated rings. The van der Waals surface area contributed by atoms with E-state index in [1.54, 1.807) is 0 Å². The molecule has 0 aromatic heterocycles. The molecule has 0 saturated heterocycles. The van der Waals surface area contributed by atoms with Crippen molar-refractivity contribution in [1.29, 1.82) is 5.26 Å². The summed E-state index contributed by atoms with van der Waals surface area (Å²) in [4.78, 5) is 0. The van der Waals surface area contributed by atoms with Crippen LogP contribution in [0.1, 0.15) is 6.42 Å². The summed E-state index contributed by atoms with van der Waals surface area (Å²) in [7, 11) is 0. The molecule has 0 heterocycles. The van der Waals surface area contributed by atoms with Gasteiger partial charge in [-0.15, -0.1) is 0 Å². The SMILES string of the molecule is N#CC1C=C(C(F)(F)F)C(Cl)=C(C(F)(F)F)C1. The van der Waals surface area contributed by atoms with E-state index in [-0.39, 0.29) is 0 Å². The van der Waals surface area contributed by atoms with E-state index < -0.39 is 40.9 Å². The standard InChI is InChI=1S/C9H4ClF6N/c10-7-5(8(11,12)13)1-4(3-17)2-6(7)9(14,15)16/h1,4H,2H2. The van der Waals surface area contributed by atoms with Crippen molar-refractivity contribution in [2.45, 2.75) is 18.8 Å². The van der Waals surface area contributed by atoms with Crippen molar-refractivity contribution in [3.05, 3.63) is 22.3 Å². The van der Waals surface area contributed by atoms with Crippen molar-refractivity contribution in [3.8, 4) is 6.07 Å². The van der Waals surface area contributed by atoms with Crippen LogP contribution in [0.4, 0.5) is 26.3 Å². The van der Waals surface area contributed by atoms with Crippen LogP contribution < -0.4 is 0 Å². The second kappa shape index (κ2) is 4.26. The lowest BCUT2D eigenvalue weighted by Crippen LogP contribution is -2.24. The molecule has 1 aliphatic carbocycles. The zero-order valence-electron chi connectivity index (χ0n) is 7.95. The monoisotopic (exact) mass is 275 g/mol. The molecule has 1 rings (SSSR count). The van der Waals surface area contributed by atoms with Gasteiger partial charge in [-0.25, -0.2) is 0 Å². The first-order valence-corrected chi connectivity index (χ1v) is 4.60. The number of alkyl halides is 6. The summed E-state index contributed by atoms with van der Waals surface area (Å²) in [6.07, 6.45) is -10.4. The van der Waals surface area contributed by atoms with Crippen LogP contribution in [-0.2, 0) is 0 Å². The summed E-state index contributed by atoms with van der Waals surface area (Å²) >= 11 is 5.10. The van der Waals surface area contributed by atoms with Gasteiger partial charge in [0.1, 0.15) is 0 Å². The van der Waals surface area contributed by atoms with Gasteiger partial charge in [0, 0.05) is 0 Å². The van der Waals surface area contributed by atoms with E-state index in [9.17, 15) is 26.3 Å². The van der Waals surface area contributed by atoms with Crippen molar-refractivity contribution >= 4 is 11.6 Å². The molecule has 94 valence electrons. The summed E-state index contributed by atoms with van der Waals surface area (Å²) < 4.78 is 74.4. The van der Waals surface area contributed by atoms with Crippen LogP contribution in [0, 0.1) is 17.2 Å². The highest BCUT2D eigenvalue weighted by atomic mass is 35.5. The van der Waals surface area contributed by atoms with E-state index in [0.717, 1.165) is 0 Å². The Hall–Kier alpha value is -1.16. The average Bonchev–Trinajstić information content (AvgIpc) is 2.14. The summed E-state index contributed by atoms with van der Waals surface area (Å²) in [5.74, 6) is -1.48. The fraction of sp³-hybridized carbons (Fsp3) is 0.444. The van der Waals surface area contributed by atoms with E-state index >= 15 is 0 Å². The normalized spacial score (nSPS) is 22.2. The Morgan fingerprint density at radius 2 is 1.71 bits per heavy atom. The number of nitriles is 1. The van der Waals surface area contributed by atoms with Gasteiger partial charge < -0.3 is 0 Å². The predicted molar refractivity (Wildman–Crippen MR) is 46.8 cm³/mol. The quantitative estimate of drug-likeness (QED) is 0.611. The number of halogens is 7. The fourth-order valence-electron chi connectivity index (χ4n) is 1.35. The molecule has 0 aromatic rings. The Morgan fingerprint density at radius 3 is 2.06 bits per heavy atom. The highest BCUT2D eigenvalue weighted by Gasteiger charge is 2.46. The van der Waals surface area contributed by atoms with Gasteiger partial charge in [-0.05, 0) is 6.42 Å². The maximum Gasteiger partial charge on any atom is 0.417 e. The third kappa shape index (κ3) is 2.94. The van der Waals surface area contributed by atoms with Gasteiger partial charge in [0.05, 0.1) is 28.2 Å². The van der Waals surface area contributed by atoms with Crippen LogP contribution in [0.15, 0.2) is 22.3 Å². The molecule has 17 heavy (non-hydrogen) atoms. The van der Waals surface area contributed by atoms with E-state index in [2.05, 4.69) is 0 Å². The molecule has 0 N–H and O–H groups in total. The van der Waals surface area contributed by atoms with E-state index in [0.29, 0.717) is 6.08 Å². The van der Waals surface area contributed by atoms with Gasteiger partial charge in [0.15, 0.2) is 0 Å². The third-order valence-corrected chi connectivity index (χ3v) is 2.54. The molecule has 0 spiro atoms. The van der Waals surface area contributed by atoms with Crippen LogP contribution in [0.3, 0.4) is 0 Å². The Morgan fingerprint density at radius 1 is 1.18 bits per heavy atom. The molecule has 0 amide bonds. The highest BCUT2D eigenvalue weighted by Crippen LogP contribution is 2.45. The summed E-state index contributed by atoms with van der Waals surface area (Å²) in [5, 5.41) is 7.07. The molecular weight excluding hydrogens is 272 g/mol. The summed E-state index contributed by atoms with van der Waals surface area (Å²) in [6, 6.07) is 1.36.